The zero-order valence-electron chi connectivity index (χ0n) is 20.6. The molecule has 0 N–H and O–H groups in total. The van der Waals surface area contributed by atoms with Crippen molar-refractivity contribution in [3.63, 3.8) is 0 Å². The Morgan fingerprint density at radius 3 is 1.89 bits per heavy atom. The van der Waals surface area contributed by atoms with Crippen LogP contribution in [-0.2, 0) is 11.3 Å². The van der Waals surface area contributed by atoms with E-state index in [1.807, 2.05) is 12.1 Å². The molecule has 36 heavy (non-hydrogen) atoms. The summed E-state index contributed by atoms with van der Waals surface area (Å²) in [5, 5.41) is 2.10. The van der Waals surface area contributed by atoms with Crippen LogP contribution in [0.25, 0.3) is 11.3 Å². The lowest BCUT2D eigenvalue weighted by Gasteiger charge is -2.34. The van der Waals surface area contributed by atoms with Gasteiger partial charge in [0.25, 0.3) is 0 Å². The monoisotopic (exact) mass is 471 g/mol. The Bertz CT molecular complexity index is 1440. The van der Waals surface area contributed by atoms with Crippen molar-refractivity contribution in [2.45, 2.75) is 32.4 Å². The molecule has 1 aliphatic rings. The minimum atomic E-state index is -0.176. The molecule has 0 bridgehead atoms. The molecule has 0 amide bonds. The summed E-state index contributed by atoms with van der Waals surface area (Å²) in [5.74, 6) is 1.85. The maximum absolute atomic E-state index is 6.97. The standard InChI is InChI=1S/C33H29NO2/c1-23-18-20-28(21-19-23)34-32(26-14-8-4-9-15-26)31-29(22-30(36-34)25-12-6-3-7-13-25)24(2)35-33(31)27-16-10-5-11-17-27/h3-21,30,32H,22H2,1-2H3/t30-,32-/m1/s1. The van der Waals surface area contributed by atoms with E-state index in [2.05, 4.69) is 122 Å². The molecule has 3 nitrogen and oxygen atoms in total. The van der Waals surface area contributed by atoms with Gasteiger partial charge in [-0.1, -0.05) is 109 Å². The second-order valence-corrected chi connectivity index (χ2v) is 9.43. The first-order valence-corrected chi connectivity index (χ1v) is 12.5. The number of rotatable bonds is 4. The minimum absolute atomic E-state index is 0.153. The largest absolute Gasteiger partial charge is 0.461 e. The van der Waals surface area contributed by atoms with E-state index in [-0.39, 0.29) is 12.1 Å². The van der Waals surface area contributed by atoms with Crippen molar-refractivity contribution < 1.29 is 9.25 Å². The van der Waals surface area contributed by atoms with E-state index in [0.29, 0.717) is 0 Å². The number of aryl methyl sites for hydroxylation is 2. The Kier molecular flexibility index (Phi) is 5.92. The highest BCUT2D eigenvalue weighted by molar-refractivity contribution is 5.68. The highest BCUT2D eigenvalue weighted by Gasteiger charge is 2.38. The van der Waals surface area contributed by atoms with E-state index in [0.717, 1.165) is 40.3 Å². The Morgan fingerprint density at radius 2 is 1.25 bits per heavy atom. The number of hydrogen-bond acceptors (Lipinski definition) is 3. The Balaban J connectivity index is 1.62. The second kappa shape index (κ2) is 9.52. The third-order valence-electron chi connectivity index (χ3n) is 7.00. The van der Waals surface area contributed by atoms with Crippen molar-refractivity contribution in [3.8, 4) is 11.3 Å². The molecule has 6 rings (SSSR count). The summed E-state index contributed by atoms with van der Waals surface area (Å²) >= 11 is 0. The zero-order valence-corrected chi connectivity index (χ0v) is 20.6. The summed E-state index contributed by atoms with van der Waals surface area (Å²) in [6.07, 6.45) is 0.576. The van der Waals surface area contributed by atoms with Gasteiger partial charge in [0.1, 0.15) is 23.7 Å². The van der Waals surface area contributed by atoms with Gasteiger partial charge in [0, 0.05) is 23.1 Å². The van der Waals surface area contributed by atoms with Crippen LogP contribution in [0.4, 0.5) is 5.69 Å². The van der Waals surface area contributed by atoms with Gasteiger partial charge in [-0.2, -0.15) is 0 Å². The van der Waals surface area contributed by atoms with Gasteiger partial charge in [-0.15, -0.1) is 0 Å². The van der Waals surface area contributed by atoms with Crippen molar-refractivity contribution in [3.05, 3.63) is 149 Å². The van der Waals surface area contributed by atoms with Crippen molar-refractivity contribution in [1.29, 1.82) is 0 Å². The Hall–Kier alpha value is -4.08. The maximum Gasteiger partial charge on any atom is 0.140 e. The third kappa shape index (κ3) is 4.12. The molecule has 0 spiro atoms. The van der Waals surface area contributed by atoms with Crippen LogP contribution in [-0.4, -0.2) is 0 Å². The number of benzene rings is 4. The van der Waals surface area contributed by atoms with Gasteiger partial charge in [0.05, 0.1) is 5.69 Å². The van der Waals surface area contributed by atoms with Crippen molar-refractivity contribution in [2.24, 2.45) is 0 Å². The molecule has 4 aromatic carbocycles. The predicted octanol–water partition coefficient (Wildman–Crippen LogP) is 8.39. The average molecular weight is 472 g/mol. The first-order valence-electron chi connectivity index (χ1n) is 12.5. The van der Waals surface area contributed by atoms with Crippen LogP contribution in [0.1, 0.15) is 45.7 Å². The fourth-order valence-corrected chi connectivity index (χ4v) is 5.17. The molecule has 0 radical (unpaired) electrons. The van der Waals surface area contributed by atoms with Gasteiger partial charge in [-0.25, -0.2) is 5.06 Å². The molecule has 1 aromatic heterocycles. The number of fused-ring (bicyclic) bond motifs is 1. The van der Waals surface area contributed by atoms with E-state index in [1.165, 1.54) is 16.7 Å². The normalized spacial score (nSPS) is 17.4. The Morgan fingerprint density at radius 1 is 0.667 bits per heavy atom. The van der Waals surface area contributed by atoms with Crippen molar-refractivity contribution in [2.75, 3.05) is 5.06 Å². The molecule has 0 saturated heterocycles. The quantitative estimate of drug-likeness (QED) is 0.263. The minimum Gasteiger partial charge on any atom is -0.461 e. The second-order valence-electron chi connectivity index (χ2n) is 9.43. The highest BCUT2D eigenvalue weighted by Crippen LogP contribution is 2.47. The first kappa shape index (κ1) is 22.4. The molecule has 178 valence electrons. The van der Waals surface area contributed by atoms with Crippen LogP contribution in [0.2, 0.25) is 0 Å². The molecular weight excluding hydrogens is 442 g/mol. The Labute approximate surface area is 212 Å². The fourth-order valence-electron chi connectivity index (χ4n) is 5.17. The van der Waals surface area contributed by atoms with E-state index < -0.39 is 0 Å². The molecular formula is C33H29NO2. The molecule has 0 unspecified atom stereocenters. The molecule has 0 fully saturated rings. The zero-order chi connectivity index (χ0) is 24.5. The molecule has 2 atom stereocenters. The van der Waals surface area contributed by atoms with E-state index in [1.54, 1.807) is 0 Å². The lowest BCUT2D eigenvalue weighted by molar-refractivity contribution is 0.0260. The lowest BCUT2D eigenvalue weighted by atomic mass is 9.89. The molecule has 1 aliphatic heterocycles. The number of nitrogens with zero attached hydrogens (tertiary/aromatic N) is 1. The van der Waals surface area contributed by atoms with Crippen LogP contribution in [0.15, 0.2) is 120 Å². The van der Waals surface area contributed by atoms with E-state index >= 15 is 0 Å². The summed E-state index contributed by atoms with van der Waals surface area (Å²) in [4.78, 5) is 6.97. The SMILES string of the molecule is Cc1ccc(N2O[C@@H](c3ccccc3)Cc3c(C)oc(-c4ccccc4)c3[C@H]2c2ccccc2)cc1. The van der Waals surface area contributed by atoms with Crippen molar-refractivity contribution >= 4 is 5.69 Å². The maximum atomic E-state index is 6.97. The lowest BCUT2D eigenvalue weighted by Crippen LogP contribution is -2.30. The van der Waals surface area contributed by atoms with E-state index in [9.17, 15) is 0 Å². The predicted molar refractivity (Wildman–Crippen MR) is 145 cm³/mol. The van der Waals surface area contributed by atoms with E-state index in [4.69, 9.17) is 9.25 Å². The van der Waals surface area contributed by atoms with Crippen LogP contribution >= 0.6 is 0 Å². The van der Waals surface area contributed by atoms with Gasteiger partial charge in [0.15, 0.2) is 0 Å². The average Bonchev–Trinajstić information content (AvgIpc) is 3.13. The van der Waals surface area contributed by atoms with Crippen LogP contribution in [0, 0.1) is 13.8 Å². The molecule has 0 saturated carbocycles. The number of furan rings is 1. The van der Waals surface area contributed by atoms with Crippen LogP contribution in [0.5, 0.6) is 0 Å². The number of hydrogen-bond donors (Lipinski definition) is 0. The first-order chi connectivity index (χ1) is 17.7. The van der Waals surface area contributed by atoms with Gasteiger partial charge in [-0.05, 0) is 37.1 Å². The van der Waals surface area contributed by atoms with Gasteiger partial charge >= 0.3 is 0 Å². The fraction of sp³-hybridized carbons (Fsp3) is 0.152. The molecule has 3 heteroatoms. The summed E-state index contributed by atoms with van der Waals surface area (Å²) < 4.78 is 6.57. The number of hydroxylamine groups is 1. The van der Waals surface area contributed by atoms with Gasteiger partial charge in [-0.3, -0.25) is 4.84 Å². The third-order valence-corrected chi connectivity index (χ3v) is 7.00. The summed E-state index contributed by atoms with van der Waals surface area (Å²) in [5.41, 5.74) is 8.00. The number of anilines is 1. The molecule has 0 aliphatic carbocycles. The van der Waals surface area contributed by atoms with Crippen LogP contribution in [0.3, 0.4) is 0 Å². The summed E-state index contributed by atoms with van der Waals surface area (Å²) in [6.45, 7) is 4.19. The van der Waals surface area contributed by atoms with Crippen LogP contribution < -0.4 is 5.06 Å². The van der Waals surface area contributed by atoms with Gasteiger partial charge < -0.3 is 4.42 Å². The van der Waals surface area contributed by atoms with Gasteiger partial charge in [0.2, 0.25) is 0 Å². The topological polar surface area (TPSA) is 25.6 Å². The molecule has 2 heterocycles. The molecule has 5 aromatic rings. The smallest absolute Gasteiger partial charge is 0.140 e. The summed E-state index contributed by atoms with van der Waals surface area (Å²) in [7, 11) is 0. The van der Waals surface area contributed by atoms with Crippen molar-refractivity contribution in [1.82, 2.24) is 0 Å². The highest BCUT2D eigenvalue weighted by atomic mass is 16.7. The summed E-state index contributed by atoms with van der Waals surface area (Å²) in [6, 6.07) is 39.9.